The van der Waals surface area contributed by atoms with Crippen molar-refractivity contribution in [3.8, 4) is 11.5 Å². The second-order valence-electron chi connectivity index (χ2n) is 6.22. The van der Waals surface area contributed by atoms with E-state index in [0.29, 0.717) is 5.56 Å². The van der Waals surface area contributed by atoms with Crippen molar-refractivity contribution in [1.29, 1.82) is 0 Å². The van der Waals surface area contributed by atoms with Gasteiger partial charge in [-0.2, -0.15) is 0 Å². The van der Waals surface area contributed by atoms with E-state index in [1.54, 1.807) is 19.1 Å². The summed E-state index contributed by atoms with van der Waals surface area (Å²) < 4.78 is 23.0. The number of benzene rings is 2. The Hall–Kier alpha value is -3.37. The second kappa shape index (κ2) is 6.98. The summed E-state index contributed by atoms with van der Waals surface area (Å²) in [6, 6.07) is 9.53. The van der Waals surface area contributed by atoms with Gasteiger partial charge in [0.1, 0.15) is 27.8 Å². The Morgan fingerprint density at radius 1 is 1.00 bits per heavy atom. The highest BCUT2D eigenvalue weighted by Gasteiger charge is 2.24. The Morgan fingerprint density at radius 2 is 1.68 bits per heavy atom. The summed E-state index contributed by atoms with van der Waals surface area (Å²) in [5.74, 6) is -0.469. The van der Waals surface area contributed by atoms with Crippen LogP contribution in [0.15, 0.2) is 56.9 Å². The van der Waals surface area contributed by atoms with E-state index in [1.165, 1.54) is 18.2 Å². The number of aromatic hydroxyl groups is 2. The van der Waals surface area contributed by atoms with E-state index in [2.05, 4.69) is 10.6 Å². The van der Waals surface area contributed by atoms with Gasteiger partial charge in [0.15, 0.2) is 0 Å². The molecule has 0 aromatic heterocycles. The lowest BCUT2D eigenvalue weighted by Crippen LogP contribution is -2.37. The number of nitrogens with two attached hydrogens (primary N) is 1. The molecule has 3 rings (SSSR count). The number of nitrogens with one attached hydrogen (secondary N) is 2. The summed E-state index contributed by atoms with van der Waals surface area (Å²) >= 11 is 0. The lowest BCUT2D eigenvalue weighted by molar-refractivity contribution is 0.459. The lowest BCUT2D eigenvalue weighted by atomic mass is 10.1. The molecule has 0 bridgehead atoms. The summed E-state index contributed by atoms with van der Waals surface area (Å²) in [6.07, 6.45) is 0. The summed E-state index contributed by atoms with van der Waals surface area (Å²) in [5.41, 5.74) is -0.646. The van der Waals surface area contributed by atoms with Crippen molar-refractivity contribution >= 4 is 27.1 Å². The minimum Gasteiger partial charge on any atom is -0.508 e. The Morgan fingerprint density at radius 3 is 2.32 bits per heavy atom. The van der Waals surface area contributed by atoms with Gasteiger partial charge in [0.2, 0.25) is 10.0 Å². The highest BCUT2D eigenvalue weighted by Crippen LogP contribution is 2.29. The molecule has 146 valence electrons. The Labute approximate surface area is 159 Å². The molecule has 0 unspecified atom stereocenters. The first-order valence-corrected chi connectivity index (χ1v) is 9.64. The standard InChI is InChI=1S/C18H17N3O6S/c1-9(10-3-2-4-12(22)7-10)20-15-16(18(25)17(15)24)21-11-5-6-13(23)14(8-11)28(19,26)27/h2-9,20-23H,1H3,(H2,19,26,27)/t9-/m1/s1. The molecule has 28 heavy (non-hydrogen) atoms. The van der Waals surface area contributed by atoms with Crippen LogP contribution in [-0.2, 0) is 10.0 Å². The molecule has 3 aromatic rings. The summed E-state index contributed by atoms with van der Waals surface area (Å²) in [6.45, 7) is 1.75. The minimum atomic E-state index is -4.17. The van der Waals surface area contributed by atoms with E-state index in [1.807, 2.05) is 0 Å². The minimum absolute atomic E-state index is 0.0334. The summed E-state index contributed by atoms with van der Waals surface area (Å²) in [5, 5.41) is 29.8. The molecule has 3 aromatic carbocycles. The van der Waals surface area contributed by atoms with Gasteiger partial charge in [-0.1, -0.05) is 12.1 Å². The molecule has 0 aliphatic heterocycles. The van der Waals surface area contributed by atoms with Crippen LogP contribution in [0.4, 0.5) is 17.1 Å². The predicted molar refractivity (Wildman–Crippen MR) is 104 cm³/mol. The molecular weight excluding hydrogens is 386 g/mol. The van der Waals surface area contributed by atoms with Crippen LogP contribution in [-0.4, -0.2) is 18.6 Å². The molecule has 9 nitrogen and oxygen atoms in total. The third kappa shape index (κ3) is 3.68. The predicted octanol–water partition coefficient (Wildman–Crippen LogP) is 1.26. The topological polar surface area (TPSA) is 159 Å². The number of phenols is 2. The number of anilines is 3. The Bertz CT molecular complexity index is 1230. The number of hydrogen-bond acceptors (Lipinski definition) is 8. The largest absolute Gasteiger partial charge is 0.508 e. The molecule has 0 saturated carbocycles. The average molecular weight is 403 g/mol. The molecule has 0 spiro atoms. The second-order valence-corrected chi connectivity index (χ2v) is 7.75. The molecule has 0 fully saturated rings. The van der Waals surface area contributed by atoms with Gasteiger partial charge in [0.25, 0.3) is 10.9 Å². The quantitative estimate of drug-likeness (QED) is 0.304. The molecule has 0 heterocycles. The van der Waals surface area contributed by atoms with Crippen LogP contribution in [0.3, 0.4) is 0 Å². The highest BCUT2D eigenvalue weighted by molar-refractivity contribution is 7.89. The van der Waals surface area contributed by atoms with Gasteiger partial charge in [0, 0.05) is 11.7 Å². The van der Waals surface area contributed by atoms with Crippen LogP contribution in [0.25, 0.3) is 0 Å². The van der Waals surface area contributed by atoms with Gasteiger partial charge in [0.05, 0.1) is 0 Å². The fraction of sp³-hybridized carbons (Fsp3) is 0.111. The zero-order valence-corrected chi connectivity index (χ0v) is 15.4. The van der Waals surface area contributed by atoms with Gasteiger partial charge >= 0.3 is 0 Å². The van der Waals surface area contributed by atoms with Crippen molar-refractivity contribution in [2.75, 3.05) is 10.6 Å². The number of hydrogen-bond donors (Lipinski definition) is 5. The van der Waals surface area contributed by atoms with Crippen molar-refractivity contribution in [1.82, 2.24) is 0 Å². The third-order valence-electron chi connectivity index (χ3n) is 4.18. The smallest absolute Gasteiger partial charge is 0.253 e. The molecule has 0 aliphatic rings. The van der Waals surface area contributed by atoms with Crippen LogP contribution >= 0.6 is 0 Å². The Kier molecular flexibility index (Phi) is 4.84. The van der Waals surface area contributed by atoms with E-state index < -0.39 is 37.6 Å². The molecule has 1 atom stereocenters. The molecule has 0 aliphatic carbocycles. The van der Waals surface area contributed by atoms with Crippen LogP contribution < -0.4 is 26.6 Å². The van der Waals surface area contributed by atoms with Crippen molar-refractivity contribution in [3.63, 3.8) is 0 Å². The maximum absolute atomic E-state index is 12.0. The van der Waals surface area contributed by atoms with Crippen molar-refractivity contribution in [2.24, 2.45) is 5.14 Å². The van der Waals surface area contributed by atoms with Crippen LogP contribution in [0.2, 0.25) is 0 Å². The zero-order chi connectivity index (χ0) is 20.6. The van der Waals surface area contributed by atoms with E-state index in [-0.39, 0.29) is 22.8 Å². The lowest BCUT2D eigenvalue weighted by Gasteiger charge is -2.20. The van der Waals surface area contributed by atoms with Gasteiger partial charge in [-0.05, 0) is 42.8 Å². The molecule has 10 heteroatoms. The Balaban J connectivity index is 1.89. The molecule has 6 N–H and O–H groups in total. The summed E-state index contributed by atoms with van der Waals surface area (Å²) in [7, 11) is -4.17. The van der Waals surface area contributed by atoms with E-state index in [9.17, 15) is 28.2 Å². The molecular formula is C18H17N3O6S. The fourth-order valence-corrected chi connectivity index (χ4v) is 3.36. The number of sulfonamides is 1. The maximum atomic E-state index is 12.0. The number of phenolic OH excluding ortho intramolecular Hbond substituents is 2. The van der Waals surface area contributed by atoms with E-state index in [4.69, 9.17) is 5.14 Å². The van der Waals surface area contributed by atoms with E-state index >= 15 is 0 Å². The number of rotatable bonds is 6. The molecule has 0 saturated heterocycles. The van der Waals surface area contributed by atoms with Gasteiger partial charge < -0.3 is 20.8 Å². The third-order valence-corrected chi connectivity index (χ3v) is 5.12. The van der Waals surface area contributed by atoms with Crippen molar-refractivity contribution < 1.29 is 18.6 Å². The highest BCUT2D eigenvalue weighted by atomic mass is 32.2. The number of primary sulfonamides is 1. The fourth-order valence-electron chi connectivity index (χ4n) is 2.71. The first-order valence-electron chi connectivity index (χ1n) is 8.09. The first-order chi connectivity index (χ1) is 13.1. The monoisotopic (exact) mass is 403 g/mol. The maximum Gasteiger partial charge on any atom is 0.253 e. The first kappa shape index (κ1) is 19.4. The van der Waals surface area contributed by atoms with Gasteiger partial charge in [-0.25, -0.2) is 13.6 Å². The SMILES string of the molecule is C[C@@H](Nc1c(Nc2ccc(O)c(S(N)(=O)=O)c2)c(=O)c1=O)c1cccc(O)c1. The average Bonchev–Trinajstić information content (AvgIpc) is 2.64. The summed E-state index contributed by atoms with van der Waals surface area (Å²) in [4.78, 5) is 23.4. The van der Waals surface area contributed by atoms with Gasteiger partial charge in [-0.15, -0.1) is 0 Å². The van der Waals surface area contributed by atoms with Crippen molar-refractivity contribution in [3.05, 3.63) is 68.5 Å². The zero-order valence-electron chi connectivity index (χ0n) is 14.6. The molecule has 0 radical (unpaired) electrons. The van der Waals surface area contributed by atoms with Gasteiger partial charge in [-0.3, -0.25) is 9.59 Å². The van der Waals surface area contributed by atoms with Crippen LogP contribution in [0, 0.1) is 0 Å². The normalized spacial score (nSPS) is 12.6. The van der Waals surface area contributed by atoms with E-state index in [0.717, 1.165) is 12.1 Å². The molecule has 0 amide bonds. The van der Waals surface area contributed by atoms with Crippen LogP contribution in [0.5, 0.6) is 11.5 Å². The van der Waals surface area contributed by atoms with Crippen molar-refractivity contribution in [2.45, 2.75) is 17.9 Å². The van der Waals surface area contributed by atoms with Crippen LogP contribution in [0.1, 0.15) is 18.5 Å².